The molecule has 0 aliphatic carbocycles. The fourth-order valence-electron chi connectivity index (χ4n) is 2.32. The third kappa shape index (κ3) is 6.76. The molecule has 0 aromatic rings. The first-order valence-corrected chi connectivity index (χ1v) is 8.65. The van der Waals surface area contributed by atoms with Gasteiger partial charge in [-0.1, -0.05) is 0 Å². The largest absolute Gasteiger partial charge is 0.481 e. The van der Waals surface area contributed by atoms with Crippen molar-refractivity contribution in [2.24, 2.45) is 5.92 Å². The average molecular weight is 321 g/mol. The molecule has 0 saturated carbocycles. The van der Waals surface area contributed by atoms with Crippen molar-refractivity contribution >= 4 is 22.0 Å². The standard InChI is InChI=1S/C12H23N3O5S/c1-13-21(19,20)8-6-14-12(18)15-7-2-3-10(9-15)4-5-11(16)17/h10,13H,2-9H2,1H3,(H,14,18)(H,16,17). The highest BCUT2D eigenvalue weighted by molar-refractivity contribution is 7.89. The maximum absolute atomic E-state index is 11.9. The van der Waals surface area contributed by atoms with Gasteiger partial charge in [0.25, 0.3) is 0 Å². The molecule has 1 aliphatic rings. The van der Waals surface area contributed by atoms with Gasteiger partial charge in [-0.2, -0.15) is 0 Å². The van der Waals surface area contributed by atoms with E-state index in [0.29, 0.717) is 19.5 Å². The molecule has 2 amide bonds. The highest BCUT2D eigenvalue weighted by Crippen LogP contribution is 2.20. The second-order valence-electron chi connectivity index (χ2n) is 5.14. The maximum Gasteiger partial charge on any atom is 0.317 e. The zero-order chi connectivity index (χ0) is 15.9. The number of carbonyl (C=O) groups is 2. The second-order valence-corrected chi connectivity index (χ2v) is 7.19. The summed E-state index contributed by atoms with van der Waals surface area (Å²) in [5.74, 6) is -0.790. The minimum Gasteiger partial charge on any atom is -0.481 e. The van der Waals surface area contributed by atoms with Crippen LogP contribution in [0.1, 0.15) is 25.7 Å². The Morgan fingerprint density at radius 2 is 2.10 bits per heavy atom. The third-order valence-corrected chi connectivity index (χ3v) is 4.89. The highest BCUT2D eigenvalue weighted by Gasteiger charge is 2.24. The van der Waals surface area contributed by atoms with E-state index in [1.54, 1.807) is 4.90 Å². The van der Waals surface area contributed by atoms with Crippen LogP contribution >= 0.6 is 0 Å². The molecule has 1 fully saturated rings. The van der Waals surface area contributed by atoms with Crippen molar-refractivity contribution in [1.29, 1.82) is 0 Å². The first-order valence-electron chi connectivity index (χ1n) is 7.00. The predicted molar refractivity (Wildman–Crippen MR) is 77.4 cm³/mol. The number of urea groups is 1. The van der Waals surface area contributed by atoms with E-state index in [4.69, 9.17) is 5.11 Å². The number of nitrogens with one attached hydrogen (secondary N) is 2. The lowest BCUT2D eigenvalue weighted by atomic mass is 9.93. The van der Waals surface area contributed by atoms with E-state index < -0.39 is 16.0 Å². The summed E-state index contributed by atoms with van der Waals surface area (Å²) in [7, 11) is -2.00. The minimum absolute atomic E-state index is 0.0539. The van der Waals surface area contributed by atoms with Gasteiger partial charge in [0.2, 0.25) is 10.0 Å². The van der Waals surface area contributed by atoms with Gasteiger partial charge in [0, 0.05) is 26.1 Å². The van der Waals surface area contributed by atoms with E-state index in [-0.39, 0.29) is 30.7 Å². The van der Waals surface area contributed by atoms with Crippen LogP contribution in [0, 0.1) is 5.92 Å². The summed E-state index contributed by atoms with van der Waals surface area (Å²) in [5, 5.41) is 11.3. The van der Waals surface area contributed by atoms with Crippen LogP contribution in [-0.4, -0.2) is 62.9 Å². The molecule has 122 valence electrons. The lowest BCUT2D eigenvalue weighted by Crippen LogP contribution is -2.46. The number of rotatable bonds is 7. The normalized spacial score (nSPS) is 19.3. The fraction of sp³-hybridized carbons (Fsp3) is 0.833. The number of amides is 2. The van der Waals surface area contributed by atoms with Crippen molar-refractivity contribution in [2.75, 3.05) is 32.4 Å². The SMILES string of the molecule is CNS(=O)(=O)CCNC(=O)N1CCCC(CCC(=O)O)C1. The molecule has 0 aromatic heterocycles. The molecule has 21 heavy (non-hydrogen) atoms. The van der Waals surface area contributed by atoms with E-state index in [2.05, 4.69) is 10.0 Å². The molecular formula is C12H23N3O5S. The summed E-state index contributed by atoms with van der Waals surface area (Å²) in [6, 6.07) is -0.290. The molecule has 3 N–H and O–H groups in total. The van der Waals surface area contributed by atoms with E-state index in [9.17, 15) is 18.0 Å². The number of carboxylic acids is 1. The Morgan fingerprint density at radius 1 is 1.38 bits per heavy atom. The van der Waals surface area contributed by atoms with Gasteiger partial charge < -0.3 is 15.3 Å². The Kier molecular flexibility index (Phi) is 6.90. The molecule has 1 unspecified atom stereocenters. The summed E-state index contributed by atoms with van der Waals surface area (Å²) in [6.45, 7) is 1.20. The number of sulfonamides is 1. The number of nitrogens with zero attached hydrogens (tertiary/aromatic N) is 1. The number of likely N-dealkylation sites (tertiary alicyclic amines) is 1. The van der Waals surface area contributed by atoms with Gasteiger partial charge in [-0.15, -0.1) is 0 Å². The van der Waals surface area contributed by atoms with Gasteiger partial charge in [0.05, 0.1) is 5.75 Å². The Hall–Kier alpha value is -1.35. The molecule has 8 nitrogen and oxygen atoms in total. The van der Waals surface area contributed by atoms with Gasteiger partial charge in [-0.05, 0) is 32.2 Å². The fourth-order valence-corrected chi connectivity index (χ4v) is 2.89. The smallest absolute Gasteiger partial charge is 0.317 e. The number of hydrogen-bond donors (Lipinski definition) is 3. The van der Waals surface area contributed by atoms with E-state index in [1.165, 1.54) is 7.05 Å². The van der Waals surface area contributed by atoms with Gasteiger partial charge in [-0.25, -0.2) is 17.9 Å². The Labute approximate surface area is 124 Å². The van der Waals surface area contributed by atoms with Crippen molar-refractivity contribution in [3.05, 3.63) is 0 Å². The molecule has 1 saturated heterocycles. The van der Waals surface area contributed by atoms with Gasteiger partial charge in [0.15, 0.2) is 0 Å². The number of hydrogen-bond acceptors (Lipinski definition) is 4. The van der Waals surface area contributed by atoms with Gasteiger partial charge in [-0.3, -0.25) is 4.79 Å². The maximum atomic E-state index is 11.9. The summed E-state index contributed by atoms with van der Waals surface area (Å²) < 4.78 is 24.6. The quantitative estimate of drug-likeness (QED) is 0.601. The Bertz CT molecular complexity index is 466. The van der Waals surface area contributed by atoms with Crippen LogP contribution in [0.3, 0.4) is 0 Å². The number of carbonyl (C=O) groups excluding carboxylic acids is 1. The molecule has 0 spiro atoms. The van der Waals surface area contributed by atoms with Gasteiger partial charge in [0.1, 0.15) is 0 Å². The topological polar surface area (TPSA) is 116 Å². The average Bonchev–Trinajstić information content (AvgIpc) is 2.45. The van der Waals surface area contributed by atoms with Crippen LogP contribution in [0.25, 0.3) is 0 Å². The number of aliphatic carboxylic acids is 1. The van der Waals surface area contributed by atoms with Gasteiger partial charge >= 0.3 is 12.0 Å². The summed E-state index contributed by atoms with van der Waals surface area (Å²) in [5.41, 5.74) is 0. The van der Waals surface area contributed by atoms with Crippen LogP contribution in [-0.2, 0) is 14.8 Å². The Morgan fingerprint density at radius 3 is 2.71 bits per heavy atom. The van der Waals surface area contributed by atoms with Crippen molar-refractivity contribution in [2.45, 2.75) is 25.7 Å². The lowest BCUT2D eigenvalue weighted by molar-refractivity contribution is -0.137. The van der Waals surface area contributed by atoms with Crippen LogP contribution in [0.2, 0.25) is 0 Å². The lowest BCUT2D eigenvalue weighted by Gasteiger charge is -2.32. The summed E-state index contributed by atoms with van der Waals surface area (Å²) in [4.78, 5) is 24.1. The molecule has 9 heteroatoms. The monoisotopic (exact) mass is 321 g/mol. The first kappa shape index (κ1) is 17.7. The van der Waals surface area contributed by atoms with Crippen molar-refractivity contribution in [1.82, 2.24) is 14.9 Å². The van der Waals surface area contributed by atoms with Crippen LogP contribution in [0.4, 0.5) is 4.79 Å². The first-order chi connectivity index (χ1) is 9.84. The molecule has 0 radical (unpaired) electrons. The van der Waals surface area contributed by atoms with E-state index in [0.717, 1.165) is 12.8 Å². The van der Waals surface area contributed by atoms with Crippen molar-refractivity contribution in [3.63, 3.8) is 0 Å². The number of carboxylic acid groups (broad SMARTS) is 1. The summed E-state index contributed by atoms with van der Waals surface area (Å²) >= 11 is 0. The minimum atomic E-state index is -3.32. The van der Waals surface area contributed by atoms with Crippen LogP contribution < -0.4 is 10.0 Å². The van der Waals surface area contributed by atoms with E-state index >= 15 is 0 Å². The molecule has 1 heterocycles. The molecule has 0 aromatic carbocycles. The van der Waals surface area contributed by atoms with Crippen LogP contribution in [0.15, 0.2) is 0 Å². The predicted octanol–water partition coefficient (Wildman–Crippen LogP) is -0.178. The zero-order valence-corrected chi connectivity index (χ0v) is 13.0. The third-order valence-electron chi connectivity index (χ3n) is 3.53. The van der Waals surface area contributed by atoms with Crippen molar-refractivity contribution < 1.29 is 23.1 Å². The molecule has 1 aliphatic heterocycles. The van der Waals surface area contributed by atoms with E-state index in [1.807, 2.05) is 0 Å². The second kappa shape index (κ2) is 8.18. The zero-order valence-electron chi connectivity index (χ0n) is 12.2. The van der Waals surface area contributed by atoms with Crippen LogP contribution in [0.5, 0.6) is 0 Å². The molecule has 1 atom stereocenters. The molecule has 1 rings (SSSR count). The number of piperidine rings is 1. The highest BCUT2D eigenvalue weighted by atomic mass is 32.2. The Balaban J connectivity index is 2.34. The molecular weight excluding hydrogens is 298 g/mol. The van der Waals surface area contributed by atoms with Crippen molar-refractivity contribution in [3.8, 4) is 0 Å². The summed E-state index contributed by atoms with van der Waals surface area (Å²) in [6.07, 6.45) is 2.44. The molecule has 0 bridgehead atoms.